The average molecular weight is 244 g/mol. The standard InChI is InChI=1S/C16H24N2/c1-11(2)15(9-17)10-18(6)16-8-13(4)12(3)7-14(16)5/h7-8,11,15H,10H2,1-6H3. The Morgan fingerprint density at radius 3 is 2.17 bits per heavy atom. The first-order valence-electron chi connectivity index (χ1n) is 6.55. The fourth-order valence-electron chi connectivity index (χ4n) is 2.15. The number of aryl methyl sites for hydroxylation is 3. The molecule has 1 aromatic carbocycles. The van der Waals surface area contributed by atoms with Gasteiger partial charge in [0, 0.05) is 19.3 Å². The molecule has 98 valence electrons. The van der Waals surface area contributed by atoms with Gasteiger partial charge in [-0.25, -0.2) is 0 Å². The monoisotopic (exact) mass is 244 g/mol. The molecule has 0 radical (unpaired) electrons. The lowest BCUT2D eigenvalue weighted by atomic mass is 9.96. The molecule has 0 bridgehead atoms. The van der Waals surface area contributed by atoms with Crippen molar-refractivity contribution >= 4 is 5.69 Å². The molecule has 0 aliphatic rings. The van der Waals surface area contributed by atoms with Crippen molar-refractivity contribution in [1.82, 2.24) is 0 Å². The van der Waals surface area contributed by atoms with Gasteiger partial charge in [0.2, 0.25) is 0 Å². The van der Waals surface area contributed by atoms with Gasteiger partial charge in [-0.05, 0) is 49.4 Å². The molecule has 1 aromatic rings. The first kappa shape index (κ1) is 14.6. The summed E-state index contributed by atoms with van der Waals surface area (Å²) in [5.41, 5.74) is 5.14. The summed E-state index contributed by atoms with van der Waals surface area (Å²) in [5.74, 6) is 0.473. The second-order valence-electron chi connectivity index (χ2n) is 5.58. The largest absolute Gasteiger partial charge is 0.373 e. The highest BCUT2D eigenvalue weighted by Crippen LogP contribution is 2.24. The molecule has 0 aliphatic carbocycles. The lowest BCUT2D eigenvalue weighted by molar-refractivity contribution is 0.477. The minimum absolute atomic E-state index is 0.0796. The summed E-state index contributed by atoms with van der Waals surface area (Å²) in [4.78, 5) is 2.20. The molecule has 18 heavy (non-hydrogen) atoms. The zero-order valence-electron chi connectivity index (χ0n) is 12.4. The Morgan fingerprint density at radius 1 is 1.11 bits per heavy atom. The van der Waals surface area contributed by atoms with Crippen molar-refractivity contribution in [2.45, 2.75) is 34.6 Å². The van der Waals surface area contributed by atoms with Gasteiger partial charge in [0.1, 0.15) is 0 Å². The Balaban J connectivity index is 2.94. The van der Waals surface area contributed by atoms with E-state index in [1.807, 2.05) is 0 Å². The minimum Gasteiger partial charge on any atom is -0.373 e. The van der Waals surface area contributed by atoms with E-state index in [-0.39, 0.29) is 5.92 Å². The van der Waals surface area contributed by atoms with Gasteiger partial charge in [-0.3, -0.25) is 0 Å². The Labute approximate surface area is 111 Å². The molecule has 0 aliphatic heterocycles. The summed E-state index contributed by atoms with van der Waals surface area (Å²) in [7, 11) is 2.07. The highest BCUT2D eigenvalue weighted by molar-refractivity contribution is 5.56. The van der Waals surface area contributed by atoms with Gasteiger partial charge < -0.3 is 4.90 Å². The van der Waals surface area contributed by atoms with Crippen molar-refractivity contribution in [2.24, 2.45) is 11.8 Å². The summed E-state index contributed by atoms with van der Waals surface area (Å²) in [5, 5.41) is 9.18. The normalized spacial score (nSPS) is 12.3. The predicted octanol–water partition coefficient (Wildman–Crippen LogP) is 3.84. The smallest absolute Gasteiger partial charge is 0.0677 e. The molecule has 1 unspecified atom stereocenters. The van der Waals surface area contributed by atoms with Crippen LogP contribution in [0, 0.1) is 43.9 Å². The van der Waals surface area contributed by atoms with E-state index in [0.29, 0.717) is 5.92 Å². The molecule has 0 saturated carbocycles. The molecule has 0 heterocycles. The van der Waals surface area contributed by atoms with Crippen LogP contribution in [0.4, 0.5) is 5.69 Å². The molecule has 1 rings (SSSR count). The van der Waals surface area contributed by atoms with Crippen molar-refractivity contribution in [3.05, 3.63) is 28.8 Å². The summed E-state index contributed by atoms with van der Waals surface area (Å²) < 4.78 is 0. The minimum atomic E-state index is 0.0796. The number of benzene rings is 1. The summed E-state index contributed by atoms with van der Waals surface area (Å²) in [6.07, 6.45) is 0. The molecule has 0 amide bonds. The van der Waals surface area contributed by atoms with Crippen LogP contribution in [-0.4, -0.2) is 13.6 Å². The van der Waals surface area contributed by atoms with Crippen LogP contribution in [0.25, 0.3) is 0 Å². The van der Waals surface area contributed by atoms with Gasteiger partial charge >= 0.3 is 0 Å². The molecule has 2 heteroatoms. The highest BCUT2D eigenvalue weighted by Gasteiger charge is 2.16. The highest BCUT2D eigenvalue weighted by atomic mass is 15.1. The zero-order chi connectivity index (χ0) is 13.9. The third-order valence-corrected chi connectivity index (χ3v) is 3.66. The van der Waals surface area contributed by atoms with E-state index < -0.39 is 0 Å². The van der Waals surface area contributed by atoms with E-state index >= 15 is 0 Å². The maximum absolute atomic E-state index is 9.18. The van der Waals surface area contributed by atoms with Crippen LogP contribution in [-0.2, 0) is 0 Å². The van der Waals surface area contributed by atoms with Crippen molar-refractivity contribution in [3.8, 4) is 6.07 Å². The van der Waals surface area contributed by atoms with Gasteiger partial charge in [0.05, 0.1) is 12.0 Å². The first-order chi connectivity index (χ1) is 8.36. The lowest BCUT2D eigenvalue weighted by Crippen LogP contribution is -2.28. The topological polar surface area (TPSA) is 27.0 Å². The van der Waals surface area contributed by atoms with Crippen LogP contribution in [0.1, 0.15) is 30.5 Å². The fourth-order valence-corrected chi connectivity index (χ4v) is 2.15. The molecular weight excluding hydrogens is 220 g/mol. The lowest BCUT2D eigenvalue weighted by Gasteiger charge is -2.26. The number of nitriles is 1. The summed E-state index contributed by atoms with van der Waals surface area (Å²) in [6, 6.07) is 6.85. The van der Waals surface area contributed by atoms with Crippen LogP contribution in [0.5, 0.6) is 0 Å². The second-order valence-corrected chi connectivity index (χ2v) is 5.58. The number of anilines is 1. The van der Waals surface area contributed by atoms with Gasteiger partial charge in [0.25, 0.3) is 0 Å². The molecule has 0 saturated heterocycles. The van der Waals surface area contributed by atoms with E-state index in [9.17, 15) is 5.26 Å². The third-order valence-electron chi connectivity index (χ3n) is 3.66. The van der Waals surface area contributed by atoms with Gasteiger partial charge in [0.15, 0.2) is 0 Å². The van der Waals surface area contributed by atoms with Gasteiger partial charge in [-0.1, -0.05) is 19.9 Å². The molecule has 0 N–H and O–H groups in total. The quantitative estimate of drug-likeness (QED) is 0.804. The average Bonchev–Trinajstić information content (AvgIpc) is 2.29. The molecule has 1 atom stereocenters. The predicted molar refractivity (Wildman–Crippen MR) is 77.9 cm³/mol. The Hall–Kier alpha value is -1.49. The van der Waals surface area contributed by atoms with Crippen LogP contribution < -0.4 is 4.90 Å². The van der Waals surface area contributed by atoms with Crippen molar-refractivity contribution < 1.29 is 0 Å². The zero-order valence-corrected chi connectivity index (χ0v) is 12.4. The number of rotatable bonds is 4. The Morgan fingerprint density at radius 2 is 1.67 bits per heavy atom. The maximum atomic E-state index is 9.18. The van der Waals surface area contributed by atoms with Crippen LogP contribution in [0.3, 0.4) is 0 Å². The third kappa shape index (κ3) is 3.26. The van der Waals surface area contributed by atoms with E-state index in [2.05, 4.69) is 64.8 Å². The van der Waals surface area contributed by atoms with E-state index in [4.69, 9.17) is 0 Å². The maximum Gasteiger partial charge on any atom is 0.0677 e. The second kappa shape index (κ2) is 5.91. The molecular formula is C16H24N2. The van der Waals surface area contributed by atoms with Crippen molar-refractivity contribution in [3.63, 3.8) is 0 Å². The number of nitrogens with zero attached hydrogens (tertiary/aromatic N) is 2. The van der Waals surface area contributed by atoms with Gasteiger partial charge in [-0.15, -0.1) is 0 Å². The molecule has 2 nitrogen and oxygen atoms in total. The Bertz CT molecular complexity index is 455. The number of hydrogen-bond donors (Lipinski definition) is 0. The van der Waals surface area contributed by atoms with Gasteiger partial charge in [-0.2, -0.15) is 5.26 Å². The van der Waals surface area contributed by atoms with E-state index in [0.717, 1.165) is 6.54 Å². The number of hydrogen-bond acceptors (Lipinski definition) is 2. The summed E-state index contributed by atoms with van der Waals surface area (Å²) in [6.45, 7) is 11.4. The summed E-state index contributed by atoms with van der Waals surface area (Å²) >= 11 is 0. The van der Waals surface area contributed by atoms with Crippen molar-refractivity contribution in [2.75, 3.05) is 18.5 Å². The van der Waals surface area contributed by atoms with Crippen LogP contribution in [0.15, 0.2) is 12.1 Å². The first-order valence-corrected chi connectivity index (χ1v) is 6.55. The Kier molecular flexibility index (Phi) is 4.78. The van der Waals surface area contributed by atoms with E-state index in [1.165, 1.54) is 22.4 Å². The molecule has 0 aromatic heterocycles. The SMILES string of the molecule is Cc1cc(C)c(N(C)CC(C#N)C(C)C)cc1C. The molecule has 0 spiro atoms. The van der Waals surface area contributed by atoms with E-state index in [1.54, 1.807) is 0 Å². The van der Waals surface area contributed by atoms with Crippen molar-refractivity contribution in [1.29, 1.82) is 5.26 Å². The molecule has 0 fully saturated rings. The fraction of sp³-hybridized carbons (Fsp3) is 0.562. The van der Waals surface area contributed by atoms with Crippen LogP contribution >= 0.6 is 0 Å². The van der Waals surface area contributed by atoms with Crippen LogP contribution in [0.2, 0.25) is 0 Å².